The molecular formula is C30H34ClN3O4S2. The number of thioether (sulfide) groups is 1. The van der Waals surface area contributed by atoms with E-state index in [4.69, 9.17) is 21.2 Å². The lowest BCUT2D eigenvalue weighted by Crippen LogP contribution is -2.33. The number of halogens is 1. The van der Waals surface area contributed by atoms with Gasteiger partial charge in [-0.15, -0.1) is 28.2 Å². The third kappa shape index (κ3) is 6.04. The SMILES string of the molecule is CC(C)(C)CN1OC1(C(=O)O)c1c(SC(C)(C)C)c2cc(OCc3cscn3)ccc2n1Cc1ccc(Cl)cc1. The highest BCUT2D eigenvalue weighted by molar-refractivity contribution is 8.00. The van der Waals surface area contributed by atoms with Gasteiger partial charge in [0.05, 0.1) is 22.4 Å². The molecule has 0 saturated carbocycles. The Kier molecular flexibility index (Phi) is 7.74. The molecule has 0 bridgehead atoms. The van der Waals surface area contributed by atoms with Crippen LogP contribution in [0.5, 0.6) is 5.75 Å². The quantitative estimate of drug-likeness (QED) is 0.155. The summed E-state index contributed by atoms with van der Waals surface area (Å²) in [6.45, 7) is 13.9. The molecule has 1 N–H and O–H groups in total. The molecule has 2 unspecified atom stereocenters. The lowest BCUT2D eigenvalue weighted by atomic mass is 9.96. The summed E-state index contributed by atoms with van der Waals surface area (Å²) in [5, 5.41) is 15.8. The van der Waals surface area contributed by atoms with Crippen molar-refractivity contribution in [2.24, 2.45) is 5.41 Å². The summed E-state index contributed by atoms with van der Waals surface area (Å²) in [6, 6.07) is 13.6. The van der Waals surface area contributed by atoms with Crippen molar-refractivity contribution in [3.8, 4) is 5.75 Å². The number of aromatic nitrogens is 2. The predicted octanol–water partition coefficient (Wildman–Crippen LogP) is 7.80. The van der Waals surface area contributed by atoms with E-state index < -0.39 is 11.7 Å². The second-order valence-corrected chi connectivity index (χ2v) is 15.2. The van der Waals surface area contributed by atoms with E-state index in [9.17, 15) is 9.90 Å². The van der Waals surface area contributed by atoms with Crippen molar-refractivity contribution < 1.29 is 19.5 Å². The Balaban J connectivity index is 1.71. The number of hydroxylamine groups is 2. The molecule has 0 radical (unpaired) electrons. The zero-order chi connectivity index (χ0) is 28.9. The van der Waals surface area contributed by atoms with Crippen LogP contribution < -0.4 is 4.74 Å². The first kappa shape index (κ1) is 29.0. The summed E-state index contributed by atoms with van der Waals surface area (Å²) in [4.78, 5) is 24.4. The molecule has 4 aromatic rings. The van der Waals surface area contributed by atoms with Crippen molar-refractivity contribution in [2.75, 3.05) is 6.54 Å². The van der Waals surface area contributed by atoms with Crippen molar-refractivity contribution in [2.45, 2.75) is 70.1 Å². The second-order valence-electron chi connectivity index (χ2n) is 12.2. The Bertz CT molecular complexity index is 1520. The standard InChI is InChI=1S/C30H34ClN3O4S2/c1-28(2,3)17-34-30(38-34,27(35)36)26-25(40-29(4,5)6)23-13-22(37-15-21-16-39-18-32-21)11-12-24(23)33(26)14-19-7-9-20(31)10-8-19/h7-13,16,18H,14-15,17H2,1-6H3,(H,35,36). The smallest absolute Gasteiger partial charge is 0.362 e. The summed E-state index contributed by atoms with van der Waals surface area (Å²) >= 11 is 9.34. The number of hydrogen-bond donors (Lipinski definition) is 1. The van der Waals surface area contributed by atoms with Crippen LogP contribution in [0.25, 0.3) is 10.9 Å². The van der Waals surface area contributed by atoms with Crippen LogP contribution in [0.1, 0.15) is 58.5 Å². The third-order valence-corrected chi connectivity index (χ3v) is 8.43. The average Bonchev–Trinajstić information content (AvgIpc) is 3.19. The number of carboxylic acids is 1. The van der Waals surface area contributed by atoms with Crippen LogP contribution in [0.3, 0.4) is 0 Å². The number of carboxylic acid groups (broad SMARTS) is 1. The molecule has 1 aliphatic heterocycles. The molecule has 1 saturated heterocycles. The number of nitrogens with zero attached hydrogens (tertiary/aromatic N) is 3. The van der Waals surface area contributed by atoms with Gasteiger partial charge in [-0.2, -0.15) is 0 Å². The van der Waals surface area contributed by atoms with Gasteiger partial charge in [0.2, 0.25) is 0 Å². The van der Waals surface area contributed by atoms with Crippen molar-refractivity contribution in [3.63, 3.8) is 0 Å². The second kappa shape index (κ2) is 10.7. The van der Waals surface area contributed by atoms with E-state index in [1.54, 1.807) is 22.3 Å². The first-order chi connectivity index (χ1) is 18.8. The van der Waals surface area contributed by atoms with Crippen molar-refractivity contribution in [3.05, 3.63) is 75.3 Å². The van der Waals surface area contributed by atoms with Gasteiger partial charge in [0, 0.05) is 38.5 Å². The Morgan fingerprint density at radius 1 is 1.15 bits per heavy atom. The Hall–Kier alpha value is -2.56. The maximum atomic E-state index is 13.1. The minimum atomic E-state index is -1.60. The summed E-state index contributed by atoms with van der Waals surface area (Å²) in [5.41, 5.74) is 3.40. The lowest BCUT2D eigenvalue weighted by molar-refractivity contribution is -0.144. The van der Waals surface area contributed by atoms with Crippen molar-refractivity contribution in [1.29, 1.82) is 0 Å². The van der Waals surface area contributed by atoms with Gasteiger partial charge in [-0.05, 0) is 41.3 Å². The molecule has 2 aromatic carbocycles. The van der Waals surface area contributed by atoms with Gasteiger partial charge in [0.1, 0.15) is 12.4 Å². The maximum absolute atomic E-state index is 13.1. The largest absolute Gasteiger partial charge is 0.487 e. The number of ether oxygens (including phenoxy) is 1. The van der Waals surface area contributed by atoms with Crippen molar-refractivity contribution in [1.82, 2.24) is 14.6 Å². The molecule has 7 nitrogen and oxygen atoms in total. The summed E-state index contributed by atoms with van der Waals surface area (Å²) < 4.78 is 7.99. The zero-order valence-corrected chi connectivity index (χ0v) is 25.9. The minimum Gasteiger partial charge on any atom is -0.487 e. The number of aliphatic carboxylic acids is 1. The molecular weight excluding hydrogens is 566 g/mol. The van der Waals surface area contributed by atoms with Crippen LogP contribution in [-0.2, 0) is 28.5 Å². The van der Waals surface area contributed by atoms with E-state index in [-0.39, 0.29) is 10.2 Å². The molecule has 0 aliphatic carbocycles. The van der Waals surface area contributed by atoms with Crippen LogP contribution >= 0.6 is 34.7 Å². The number of benzene rings is 2. The summed E-state index contributed by atoms with van der Waals surface area (Å²) in [7, 11) is 0. The van der Waals surface area contributed by atoms with Gasteiger partial charge in [0.25, 0.3) is 0 Å². The molecule has 1 aliphatic rings. The maximum Gasteiger partial charge on any atom is 0.362 e. The van der Waals surface area contributed by atoms with Gasteiger partial charge in [-0.1, -0.05) is 65.3 Å². The number of fused-ring (bicyclic) bond motifs is 1. The Morgan fingerprint density at radius 2 is 1.88 bits per heavy atom. The van der Waals surface area contributed by atoms with Gasteiger partial charge in [-0.3, -0.25) is 4.84 Å². The Labute approximate surface area is 248 Å². The number of rotatable bonds is 9. The molecule has 3 heterocycles. The fourth-order valence-corrected chi connectivity index (χ4v) is 6.56. The fraction of sp³-hybridized carbons (Fsp3) is 0.400. The van der Waals surface area contributed by atoms with Gasteiger partial charge < -0.3 is 14.4 Å². The van der Waals surface area contributed by atoms with Crippen LogP contribution in [0.4, 0.5) is 0 Å². The van der Waals surface area contributed by atoms with Gasteiger partial charge in [-0.25, -0.2) is 9.78 Å². The lowest BCUT2D eigenvalue weighted by Gasteiger charge is -2.22. The average molecular weight is 600 g/mol. The van der Waals surface area contributed by atoms with Crippen LogP contribution in [0.15, 0.2) is 58.3 Å². The molecule has 10 heteroatoms. The highest BCUT2D eigenvalue weighted by Gasteiger charge is 2.67. The van der Waals surface area contributed by atoms with E-state index in [0.29, 0.717) is 36.2 Å². The zero-order valence-electron chi connectivity index (χ0n) is 23.5. The number of thiazole rings is 1. The number of carbonyl (C=O) groups is 1. The van der Waals surface area contributed by atoms with E-state index in [1.807, 2.05) is 47.8 Å². The Morgan fingerprint density at radius 3 is 2.48 bits per heavy atom. The molecule has 0 amide bonds. The molecule has 0 spiro atoms. The van der Waals surface area contributed by atoms with Crippen LogP contribution in [0.2, 0.25) is 5.02 Å². The summed E-state index contributed by atoms with van der Waals surface area (Å²) in [6.07, 6.45) is 0. The normalized spacial score (nSPS) is 19.2. The minimum absolute atomic E-state index is 0.168. The first-order valence-electron chi connectivity index (χ1n) is 13.1. The van der Waals surface area contributed by atoms with E-state index >= 15 is 0 Å². The van der Waals surface area contributed by atoms with E-state index in [2.05, 4.69) is 51.1 Å². The van der Waals surface area contributed by atoms with Crippen LogP contribution in [-0.4, -0.2) is 37.0 Å². The number of hydrogen-bond acceptors (Lipinski definition) is 7. The van der Waals surface area contributed by atoms with E-state index in [0.717, 1.165) is 27.1 Å². The fourth-order valence-electron chi connectivity index (χ4n) is 4.66. The monoisotopic (exact) mass is 599 g/mol. The van der Waals surface area contributed by atoms with Crippen molar-refractivity contribution >= 4 is 51.6 Å². The molecule has 40 heavy (non-hydrogen) atoms. The predicted molar refractivity (Wildman–Crippen MR) is 161 cm³/mol. The summed E-state index contributed by atoms with van der Waals surface area (Å²) in [5.74, 6) is -0.341. The molecule has 212 valence electrons. The van der Waals surface area contributed by atoms with E-state index in [1.165, 1.54) is 11.3 Å². The highest BCUT2D eigenvalue weighted by atomic mass is 35.5. The van der Waals surface area contributed by atoms with Crippen LogP contribution in [0, 0.1) is 5.41 Å². The molecule has 2 aromatic heterocycles. The van der Waals surface area contributed by atoms with Gasteiger partial charge in [0.15, 0.2) is 0 Å². The topological polar surface area (TPSA) is 79.9 Å². The molecule has 1 fully saturated rings. The highest BCUT2D eigenvalue weighted by Crippen LogP contribution is 2.54. The first-order valence-corrected chi connectivity index (χ1v) is 15.2. The third-order valence-electron chi connectivity index (χ3n) is 6.31. The van der Waals surface area contributed by atoms with Gasteiger partial charge >= 0.3 is 11.7 Å². The molecule has 2 atom stereocenters. The molecule has 5 rings (SSSR count).